The Morgan fingerprint density at radius 1 is 1.50 bits per heavy atom. The van der Waals surface area contributed by atoms with Crippen LogP contribution in [0.4, 0.5) is 11.4 Å². The van der Waals surface area contributed by atoms with E-state index in [4.69, 9.17) is 5.73 Å². The molecule has 4 nitrogen and oxygen atoms in total. The molecule has 0 spiro atoms. The van der Waals surface area contributed by atoms with Crippen molar-refractivity contribution in [2.24, 2.45) is 0 Å². The molecular formula is C15H23N3OS. The first-order valence-corrected chi connectivity index (χ1v) is 7.90. The van der Waals surface area contributed by atoms with Crippen LogP contribution in [0.1, 0.15) is 20.8 Å². The Kier molecular flexibility index (Phi) is 4.60. The number of nitrogen functional groups attached to an aromatic ring is 1. The first kappa shape index (κ1) is 15.2. The number of anilines is 2. The summed E-state index contributed by atoms with van der Waals surface area (Å²) in [7, 11) is 0. The second-order valence-electron chi connectivity index (χ2n) is 5.87. The van der Waals surface area contributed by atoms with Gasteiger partial charge in [-0.2, -0.15) is 11.8 Å². The fraction of sp³-hybridized carbons (Fsp3) is 0.533. The number of hydrogen-bond donors (Lipinski definition) is 2. The molecule has 1 fully saturated rings. The van der Waals surface area contributed by atoms with Crippen LogP contribution in [0.25, 0.3) is 0 Å². The number of rotatable bonds is 3. The zero-order valence-electron chi connectivity index (χ0n) is 12.3. The van der Waals surface area contributed by atoms with E-state index in [1.54, 1.807) is 6.07 Å². The minimum absolute atomic E-state index is 0.0262. The Bertz CT molecular complexity index is 490. The molecule has 2 rings (SSSR count). The lowest BCUT2D eigenvalue weighted by atomic mass is 10.1. The predicted octanol–water partition coefficient (Wildman–Crippen LogP) is 2.42. The predicted molar refractivity (Wildman–Crippen MR) is 87.1 cm³/mol. The summed E-state index contributed by atoms with van der Waals surface area (Å²) in [5.74, 6) is 1.10. The van der Waals surface area contributed by atoms with Crippen molar-refractivity contribution in [1.82, 2.24) is 4.90 Å². The van der Waals surface area contributed by atoms with Gasteiger partial charge in [-0.15, -0.1) is 0 Å². The summed E-state index contributed by atoms with van der Waals surface area (Å²) in [5, 5.41) is 2.94. The Hall–Kier alpha value is -1.20. The number of nitrogens with one attached hydrogen (secondary N) is 1. The molecule has 1 aliphatic heterocycles. The number of carbonyl (C=O) groups excluding carboxylic acids is 1. The van der Waals surface area contributed by atoms with Gasteiger partial charge >= 0.3 is 0 Å². The molecular weight excluding hydrogens is 270 g/mol. The number of nitrogens with two attached hydrogens (primary N) is 1. The fourth-order valence-electron chi connectivity index (χ4n) is 2.41. The molecule has 1 atom stereocenters. The number of nitrogens with zero attached hydrogens (tertiary/aromatic N) is 1. The average Bonchev–Trinajstić information content (AvgIpc) is 2.36. The largest absolute Gasteiger partial charge is 0.399 e. The normalized spacial score (nSPS) is 20.4. The number of carbonyl (C=O) groups is 1. The van der Waals surface area contributed by atoms with Gasteiger partial charge in [-0.1, -0.05) is 6.07 Å². The quantitative estimate of drug-likeness (QED) is 0.840. The molecule has 1 amide bonds. The minimum Gasteiger partial charge on any atom is -0.399 e. The molecule has 0 bridgehead atoms. The lowest BCUT2D eigenvalue weighted by molar-refractivity contribution is -0.120. The highest BCUT2D eigenvalue weighted by Gasteiger charge is 2.31. The van der Waals surface area contributed by atoms with E-state index in [-0.39, 0.29) is 16.7 Å². The molecule has 0 aliphatic carbocycles. The summed E-state index contributed by atoms with van der Waals surface area (Å²) < 4.78 is 0.212. The summed E-state index contributed by atoms with van der Waals surface area (Å²) in [5.41, 5.74) is 7.14. The summed E-state index contributed by atoms with van der Waals surface area (Å²) in [4.78, 5) is 14.6. The number of benzene rings is 1. The van der Waals surface area contributed by atoms with Crippen molar-refractivity contribution in [2.45, 2.75) is 31.6 Å². The van der Waals surface area contributed by atoms with Crippen molar-refractivity contribution < 1.29 is 4.79 Å². The molecule has 20 heavy (non-hydrogen) atoms. The molecule has 0 saturated carbocycles. The summed E-state index contributed by atoms with van der Waals surface area (Å²) >= 11 is 1.97. The van der Waals surface area contributed by atoms with Crippen molar-refractivity contribution in [3.8, 4) is 0 Å². The van der Waals surface area contributed by atoms with E-state index in [9.17, 15) is 4.79 Å². The highest BCUT2D eigenvalue weighted by atomic mass is 32.2. The van der Waals surface area contributed by atoms with Crippen LogP contribution < -0.4 is 11.1 Å². The molecule has 5 heteroatoms. The van der Waals surface area contributed by atoms with Gasteiger partial charge in [0.15, 0.2) is 0 Å². The van der Waals surface area contributed by atoms with Gasteiger partial charge in [0.05, 0.1) is 6.04 Å². The lowest BCUT2D eigenvalue weighted by Gasteiger charge is -2.40. The van der Waals surface area contributed by atoms with Crippen LogP contribution in [0.15, 0.2) is 24.3 Å². The Morgan fingerprint density at radius 2 is 2.25 bits per heavy atom. The van der Waals surface area contributed by atoms with Gasteiger partial charge in [0.25, 0.3) is 0 Å². The Morgan fingerprint density at radius 3 is 2.90 bits per heavy atom. The van der Waals surface area contributed by atoms with E-state index < -0.39 is 0 Å². The van der Waals surface area contributed by atoms with E-state index >= 15 is 0 Å². The SMILES string of the molecule is CC(C(=O)Nc1cccc(N)c1)N1CCSC(C)(C)C1. The molecule has 1 saturated heterocycles. The van der Waals surface area contributed by atoms with Crippen molar-refractivity contribution in [2.75, 3.05) is 29.9 Å². The van der Waals surface area contributed by atoms with Crippen molar-refractivity contribution in [3.63, 3.8) is 0 Å². The number of hydrogen-bond acceptors (Lipinski definition) is 4. The van der Waals surface area contributed by atoms with Crippen LogP contribution in [-0.2, 0) is 4.79 Å². The van der Waals surface area contributed by atoms with E-state index in [1.165, 1.54) is 0 Å². The smallest absolute Gasteiger partial charge is 0.241 e. The van der Waals surface area contributed by atoms with Crippen molar-refractivity contribution in [3.05, 3.63) is 24.3 Å². The highest BCUT2D eigenvalue weighted by Crippen LogP contribution is 2.30. The molecule has 1 aromatic rings. The van der Waals surface area contributed by atoms with Crippen LogP contribution in [0.5, 0.6) is 0 Å². The molecule has 1 aliphatic rings. The van der Waals surface area contributed by atoms with Gasteiger partial charge in [0.1, 0.15) is 0 Å². The average molecular weight is 293 g/mol. The Labute approximate surface area is 125 Å². The fourth-order valence-corrected chi connectivity index (χ4v) is 3.55. The van der Waals surface area contributed by atoms with Gasteiger partial charge in [-0.3, -0.25) is 9.69 Å². The van der Waals surface area contributed by atoms with E-state index in [0.717, 1.165) is 24.5 Å². The van der Waals surface area contributed by atoms with Gasteiger partial charge < -0.3 is 11.1 Å². The van der Waals surface area contributed by atoms with E-state index in [1.807, 2.05) is 36.9 Å². The molecule has 0 radical (unpaired) electrons. The monoisotopic (exact) mass is 293 g/mol. The maximum atomic E-state index is 12.3. The molecule has 3 N–H and O–H groups in total. The lowest BCUT2D eigenvalue weighted by Crippen LogP contribution is -2.51. The van der Waals surface area contributed by atoms with Crippen LogP contribution in [0, 0.1) is 0 Å². The van der Waals surface area contributed by atoms with Gasteiger partial charge in [0, 0.05) is 35.0 Å². The maximum Gasteiger partial charge on any atom is 0.241 e. The first-order valence-electron chi connectivity index (χ1n) is 6.92. The first-order chi connectivity index (χ1) is 9.37. The van der Waals surface area contributed by atoms with Gasteiger partial charge in [-0.25, -0.2) is 0 Å². The molecule has 1 unspecified atom stereocenters. The van der Waals surface area contributed by atoms with E-state index in [0.29, 0.717) is 5.69 Å². The van der Waals surface area contributed by atoms with Crippen LogP contribution in [0.3, 0.4) is 0 Å². The van der Waals surface area contributed by atoms with E-state index in [2.05, 4.69) is 24.1 Å². The second kappa shape index (κ2) is 6.06. The third-order valence-electron chi connectivity index (χ3n) is 3.54. The second-order valence-corrected chi connectivity index (χ2v) is 7.67. The summed E-state index contributed by atoms with van der Waals surface area (Å²) in [6.07, 6.45) is 0. The van der Waals surface area contributed by atoms with Crippen LogP contribution in [-0.4, -0.2) is 40.4 Å². The number of thioether (sulfide) groups is 1. The summed E-state index contributed by atoms with van der Waals surface area (Å²) in [6.45, 7) is 8.31. The minimum atomic E-state index is -0.128. The zero-order chi connectivity index (χ0) is 14.8. The third kappa shape index (κ3) is 3.90. The standard InChI is InChI=1S/C15H23N3OS/c1-11(18-7-8-20-15(2,3)10-18)14(19)17-13-6-4-5-12(16)9-13/h4-6,9,11H,7-8,10,16H2,1-3H3,(H,17,19). The number of amides is 1. The van der Waals surface area contributed by atoms with Crippen LogP contribution >= 0.6 is 11.8 Å². The van der Waals surface area contributed by atoms with Gasteiger partial charge in [0.2, 0.25) is 5.91 Å². The molecule has 1 heterocycles. The van der Waals surface area contributed by atoms with Gasteiger partial charge in [-0.05, 0) is 39.0 Å². The van der Waals surface area contributed by atoms with Crippen molar-refractivity contribution in [1.29, 1.82) is 0 Å². The van der Waals surface area contributed by atoms with Crippen molar-refractivity contribution >= 4 is 29.0 Å². The zero-order valence-corrected chi connectivity index (χ0v) is 13.2. The highest BCUT2D eigenvalue weighted by molar-refractivity contribution is 8.00. The van der Waals surface area contributed by atoms with Crippen LogP contribution in [0.2, 0.25) is 0 Å². The topological polar surface area (TPSA) is 58.4 Å². The summed E-state index contributed by atoms with van der Waals surface area (Å²) in [6, 6.07) is 7.16. The third-order valence-corrected chi connectivity index (χ3v) is 4.83. The molecule has 0 aromatic heterocycles. The Balaban J connectivity index is 1.98. The molecule has 110 valence electrons. The maximum absolute atomic E-state index is 12.3. The molecule has 1 aromatic carbocycles.